The molecular weight excluding hydrogens is 216 g/mol. The summed E-state index contributed by atoms with van der Waals surface area (Å²) in [6.45, 7) is 5.44. The molecule has 0 radical (unpaired) electrons. The molecule has 92 valence electrons. The van der Waals surface area contributed by atoms with Crippen LogP contribution in [0.2, 0.25) is 0 Å². The highest BCUT2D eigenvalue weighted by atomic mass is 16.5. The standard InChI is InChI=1S/C14H18O3/c1-4-11(5-2)14(16)17-13-8-6-12(7-9-13)10(3)15/h6-9,11H,4-5H2,1-3H3. The molecule has 1 aromatic carbocycles. The first kappa shape index (κ1) is 13.4. The highest BCUT2D eigenvalue weighted by Gasteiger charge is 2.16. The van der Waals surface area contributed by atoms with Crippen molar-refractivity contribution in [3.63, 3.8) is 0 Å². The predicted molar refractivity (Wildman–Crippen MR) is 66.2 cm³/mol. The number of ether oxygens (including phenoxy) is 1. The van der Waals surface area contributed by atoms with E-state index in [1.54, 1.807) is 24.3 Å². The van der Waals surface area contributed by atoms with Gasteiger partial charge in [-0.25, -0.2) is 0 Å². The average Bonchev–Trinajstić information content (AvgIpc) is 2.31. The van der Waals surface area contributed by atoms with Crippen LogP contribution in [-0.4, -0.2) is 11.8 Å². The van der Waals surface area contributed by atoms with Crippen molar-refractivity contribution < 1.29 is 14.3 Å². The maximum absolute atomic E-state index is 11.7. The minimum Gasteiger partial charge on any atom is -0.426 e. The smallest absolute Gasteiger partial charge is 0.314 e. The molecule has 0 spiro atoms. The summed E-state index contributed by atoms with van der Waals surface area (Å²) in [5.41, 5.74) is 0.618. The van der Waals surface area contributed by atoms with Crippen molar-refractivity contribution in [1.82, 2.24) is 0 Å². The summed E-state index contributed by atoms with van der Waals surface area (Å²) >= 11 is 0. The van der Waals surface area contributed by atoms with Gasteiger partial charge >= 0.3 is 5.97 Å². The van der Waals surface area contributed by atoms with Crippen molar-refractivity contribution in [3.8, 4) is 5.75 Å². The van der Waals surface area contributed by atoms with E-state index in [9.17, 15) is 9.59 Å². The molecule has 3 heteroatoms. The summed E-state index contributed by atoms with van der Waals surface area (Å²) in [6.07, 6.45) is 1.56. The number of esters is 1. The van der Waals surface area contributed by atoms with Gasteiger partial charge in [0, 0.05) is 5.56 Å². The number of carbonyl (C=O) groups is 2. The fourth-order valence-electron chi connectivity index (χ4n) is 1.58. The normalized spacial score (nSPS) is 10.4. The molecule has 0 saturated heterocycles. The zero-order valence-corrected chi connectivity index (χ0v) is 10.5. The molecule has 0 unspecified atom stereocenters. The Kier molecular flexibility index (Phi) is 4.88. The molecule has 1 aromatic rings. The molecule has 0 heterocycles. The second-order valence-electron chi connectivity index (χ2n) is 4.02. The van der Waals surface area contributed by atoms with E-state index in [1.807, 2.05) is 13.8 Å². The zero-order valence-electron chi connectivity index (χ0n) is 10.5. The second kappa shape index (κ2) is 6.18. The van der Waals surface area contributed by atoms with Crippen LogP contribution in [0.4, 0.5) is 0 Å². The van der Waals surface area contributed by atoms with Crippen LogP contribution in [0.3, 0.4) is 0 Å². The van der Waals surface area contributed by atoms with Crippen LogP contribution in [0.25, 0.3) is 0 Å². The van der Waals surface area contributed by atoms with Gasteiger partial charge in [0.2, 0.25) is 0 Å². The Hall–Kier alpha value is -1.64. The minimum atomic E-state index is -0.203. The molecule has 0 N–H and O–H groups in total. The van der Waals surface area contributed by atoms with Gasteiger partial charge in [-0.3, -0.25) is 9.59 Å². The number of carbonyl (C=O) groups excluding carboxylic acids is 2. The average molecular weight is 234 g/mol. The van der Waals surface area contributed by atoms with Crippen LogP contribution >= 0.6 is 0 Å². The van der Waals surface area contributed by atoms with E-state index < -0.39 is 0 Å². The largest absolute Gasteiger partial charge is 0.426 e. The molecule has 1 rings (SSSR count). The van der Waals surface area contributed by atoms with Crippen LogP contribution in [0, 0.1) is 5.92 Å². The molecule has 0 aliphatic rings. The summed E-state index contributed by atoms with van der Waals surface area (Å²) in [6, 6.07) is 6.63. The van der Waals surface area contributed by atoms with Gasteiger partial charge in [0.25, 0.3) is 0 Å². The van der Waals surface area contributed by atoms with Gasteiger partial charge in [-0.05, 0) is 44.0 Å². The van der Waals surface area contributed by atoms with Gasteiger partial charge in [0.15, 0.2) is 5.78 Å². The number of Topliss-reactive ketones (excluding diaryl/α,β-unsaturated/α-hetero) is 1. The minimum absolute atomic E-state index is 0.00266. The van der Waals surface area contributed by atoms with Crippen LogP contribution in [0.5, 0.6) is 5.75 Å². The van der Waals surface area contributed by atoms with Crippen molar-refractivity contribution in [2.24, 2.45) is 5.92 Å². The maximum atomic E-state index is 11.7. The SMILES string of the molecule is CCC(CC)C(=O)Oc1ccc(C(C)=O)cc1. The van der Waals surface area contributed by atoms with Gasteiger partial charge in [0.05, 0.1) is 5.92 Å². The monoisotopic (exact) mass is 234 g/mol. The number of ketones is 1. The first-order valence-corrected chi connectivity index (χ1v) is 5.91. The summed E-state index contributed by atoms with van der Waals surface area (Å²) < 4.78 is 5.24. The Morgan fingerprint density at radius 3 is 2.06 bits per heavy atom. The lowest BCUT2D eigenvalue weighted by Gasteiger charge is -2.11. The highest BCUT2D eigenvalue weighted by Crippen LogP contribution is 2.16. The first-order chi connectivity index (χ1) is 8.08. The Morgan fingerprint density at radius 2 is 1.65 bits per heavy atom. The molecule has 0 amide bonds. The second-order valence-corrected chi connectivity index (χ2v) is 4.02. The summed E-state index contributed by atoms with van der Waals surface area (Å²) in [7, 11) is 0. The van der Waals surface area contributed by atoms with E-state index in [0.29, 0.717) is 11.3 Å². The quantitative estimate of drug-likeness (QED) is 0.446. The van der Waals surface area contributed by atoms with Crippen LogP contribution in [0.15, 0.2) is 24.3 Å². The molecule has 0 bridgehead atoms. The van der Waals surface area contributed by atoms with E-state index in [0.717, 1.165) is 12.8 Å². The van der Waals surface area contributed by atoms with E-state index in [1.165, 1.54) is 6.92 Å². The van der Waals surface area contributed by atoms with E-state index in [2.05, 4.69) is 0 Å². The van der Waals surface area contributed by atoms with E-state index in [-0.39, 0.29) is 17.7 Å². The molecular formula is C14H18O3. The van der Waals surface area contributed by atoms with Crippen molar-refractivity contribution >= 4 is 11.8 Å². The molecule has 0 atom stereocenters. The molecule has 3 nitrogen and oxygen atoms in total. The van der Waals surface area contributed by atoms with Crippen molar-refractivity contribution in [1.29, 1.82) is 0 Å². The number of benzene rings is 1. The number of rotatable bonds is 5. The Labute approximate surface area is 102 Å². The lowest BCUT2D eigenvalue weighted by Crippen LogP contribution is -2.19. The third-order valence-corrected chi connectivity index (χ3v) is 2.80. The van der Waals surface area contributed by atoms with Gasteiger partial charge < -0.3 is 4.74 Å². The van der Waals surface area contributed by atoms with Gasteiger partial charge in [-0.15, -0.1) is 0 Å². The molecule has 0 aromatic heterocycles. The lowest BCUT2D eigenvalue weighted by atomic mass is 10.0. The number of hydrogen-bond acceptors (Lipinski definition) is 3. The maximum Gasteiger partial charge on any atom is 0.314 e. The third-order valence-electron chi connectivity index (χ3n) is 2.80. The molecule has 0 fully saturated rings. The highest BCUT2D eigenvalue weighted by molar-refractivity contribution is 5.94. The van der Waals surface area contributed by atoms with E-state index >= 15 is 0 Å². The predicted octanol–water partition coefficient (Wildman–Crippen LogP) is 3.23. The Balaban J connectivity index is 2.69. The number of hydrogen-bond donors (Lipinski definition) is 0. The lowest BCUT2D eigenvalue weighted by molar-refractivity contribution is -0.139. The third kappa shape index (κ3) is 3.70. The summed E-state index contributed by atoms with van der Waals surface area (Å²) in [5, 5.41) is 0. The van der Waals surface area contributed by atoms with Crippen molar-refractivity contribution in [2.75, 3.05) is 0 Å². The van der Waals surface area contributed by atoms with Crippen molar-refractivity contribution in [3.05, 3.63) is 29.8 Å². The van der Waals surface area contributed by atoms with Gasteiger partial charge in [-0.2, -0.15) is 0 Å². The van der Waals surface area contributed by atoms with Crippen LogP contribution < -0.4 is 4.74 Å². The first-order valence-electron chi connectivity index (χ1n) is 5.91. The molecule has 0 saturated carbocycles. The Bertz CT molecular complexity index is 388. The molecule has 17 heavy (non-hydrogen) atoms. The topological polar surface area (TPSA) is 43.4 Å². The van der Waals surface area contributed by atoms with Crippen LogP contribution in [-0.2, 0) is 4.79 Å². The van der Waals surface area contributed by atoms with Gasteiger partial charge in [0.1, 0.15) is 5.75 Å². The molecule has 0 aliphatic heterocycles. The summed E-state index contributed by atoms with van der Waals surface area (Å²) in [5.74, 6) is 0.239. The van der Waals surface area contributed by atoms with Crippen LogP contribution in [0.1, 0.15) is 44.0 Å². The summed E-state index contributed by atoms with van der Waals surface area (Å²) in [4.78, 5) is 22.8. The van der Waals surface area contributed by atoms with Crippen molar-refractivity contribution in [2.45, 2.75) is 33.6 Å². The zero-order chi connectivity index (χ0) is 12.8. The fraction of sp³-hybridized carbons (Fsp3) is 0.429. The fourth-order valence-corrected chi connectivity index (χ4v) is 1.58. The van der Waals surface area contributed by atoms with Gasteiger partial charge in [-0.1, -0.05) is 13.8 Å². The molecule has 0 aliphatic carbocycles. The Morgan fingerprint density at radius 1 is 1.12 bits per heavy atom. The van der Waals surface area contributed by atoms with E-state index in [4.69, 9.17) is 4.74 Å².